The number of benzene rings is 2. The topological polar surface area (TPSA) is 84.6 Å². The van der Waals surface area contributed by atoms with Gasteiger partial charge in [-0.3, -0.25) is 4.79 Å². The van der Waals surface area contributed by atoms with Gasteiger partial charge in [-0.15, -0.1) is 0 Å². The number of hydrogen-bond acceptors (Lipinski definition) is 4. The van der Waals surface area contributed by atoms with Crippen molar-refractivity contribution in [3.63, 3.8) is 0 Å². The van der Waals surface area contributed by atoms with Gasteiger partial charge in [0.1, 0.15) is 0 Å². The third-order valence-corrected chi connectivity index (χ3v) is 3.20. The number of halogens is 1. The molecular formula is C14H13BrN2O3. The lowest BCUT2D eigenvalue weighted by Crippen LogP contribution is -2.13. The highest BCUT2D eigenvalue weighted by Crippen LogP contribution is 2.27. The van der Waals surface area contributed by atoms with Gasteiger partial charge in [0.2, 0.25) is 0 Å². The first-order chi connectivity index (χ1) is 9.51. The van der Waals surface area contributed by atoms with E-state index in [1.54, 1.807) is 24.3 Å². The van der Waals surface area contributed by atoms with Crippen molar-refractivity contribution in [2.24, 2.45) is 0 Å². The van der Waals surface area contributed by atoms with Crippen LogP contribution in [0.5, 0.6) is 11.5 Å². The van der Waals surface area contributed by atoms with E-state index in [1.165, 1.54) is 19.2 Å². The Kier molecular flexibility index (Phi) is 4.14. The van der Waals surface area contributed by atoms with Gasteiger partial charge in [0.05, 0.1) is 18.5 Å². The molecule has 104 valence electrons. The van der Waals surface area contributed by atoms with Crippen LogP contribution in [0.15, 0.2) is 40.9 Å². The Balaban J connectivity index is 2.21. The molecule has 0 atom stereocenters. The Labute approximate surface area is 124 Å². The van der Waals surface area contributed by atoms with Crippen molar-refractivity contribution in [1.82, 2.24) is 0 Å². The molecule has 2 aromatic carbocycles. The van der Waals surface area contributed by atoms with Crippen LogP contribution in [0.2, 0.25) is 0 Å². The van der Waals surface area contributed by atoms with Crippen LogP contribution >= 0.6 is 15.9 Å². The van der Waals surface area contributed by atoms with Crippen molar-refractivity contribution < 1.29 is 14.6 Å². The molecule has 0 aliphatic heterocycles. The van der Waals surface area contributed by atoms with Gasteiger partial charge in [0, 0.05) is 10.0 Å². The predicted octanol–water partition coefficient (Wildman–Crippen LogP) is 3.00. The summed E-state index contributed by atoms with van der Waals surface area (Å²) < 4.78 is 5.75. The third kappa shape index (κ3) is 3.03. The minimum Gasteiger partial charge on any atom is -0.504 e. The smallest absolute Gasteiger partial charge is 0.255 e. The van der Waals surface area contributed by atoms with Crippen LogP contribution in [0.25, 0.3) is 0 Å². The van der Waals surface area contributed by atoms with E-state index in [0.29, 0.717) is 22.7 Å². The maximum absolute atomic E-state index is 12.1. The van der Waals surface area contributed by atoms with Crippen LogP contribution in [0, 0.1) is 0 Å². The van der Waals surface area contributed by atoms with E-state index in [1.807, 2.05) is 0 Å². The van der Waals surface area contributed by atoms with E-state index >= 15 is 0 Å². The average Bonchev–Trinajstić information content (AvgIpc) is 2.41. The SMILES string of the molecule is COc1ccc(C(=O)Nc2ccc(Br)cc2N)cc1O. The van der Waals surface area contributed by atoms with Crippen LogP contribution in [0.4, 0.5) is 11.4 Å². The molecule has 2 aromatic rings. The van der Waals surface area contributed by atoms with Gasteiger partial charge < -0.3 is 20.9 Å². The highest BCUT2D eigenvalue weighted by Gasteiger charge is 2.11. The van der Waals surface area contributed by atoms with E-state index < -0.39 is 0 Å². The molecular weight excluding hydrogens is 324 g/mol. The first kappa shape index (κ1) is 14.2. The molecule has 1 amide bonds. The van der Waals surface area contributed by atoms with Gasteiger partial charge in [0.25, 0.3) is 5.91 Å². The molecule has 4 N–H and O–H groups in total. The van der Waals surface area contributed by atoms with Gasteiger partial charge in [-0.1, -0.05) is 15.9 Å². The van der Waals surface area contributed by atoms with Gasteiger partial charge in [0.15, 0.2) is 11.5 Å². The molecule has 0 fully saturated rings. The van der Waals surface area contributed by atoms with E-state index in [-0.39, 0.29) is 11.7 Å². The Bertz CT molecular complexity index is 659. The van der Waals surface area contributed by atoms with Crippen LogP contribution in [-0.4, -0.2) is 18.1 Å². The summed E-state index contributed by atoms with van der Waals surface area (Å²) in [5.41, 5.74) is 7.08. The predicted molar refractivity (Wildman–Crippen MR) is 81.2 cm³/mol. The molecule has 0 aliphatic carbocycles. The van der Waals surface area contributed by atoms with Crippen LogP contribution in [0.3, 0.4) is 0 Å². The standard InChI is InChI=1S/C14H13BrN2O3/c1-20-13-5-2-8(6-12(13)18)14(19)17-11-4-3-9(15)7-10(11)16/h2-7,18H,16H2,1H3,(H,17,19). The molecule has 0 heterocycles. The molecule has 0 bridgehead atoms. The van der Waals surface area contributed by atoms with Gasteiger partial charge in [-0.2, -0.15) is 0 Å². The first-order valence-electron chi connectivity index (χ1n) is 5.74. The number of carbonyl (C=O) groups is 1. The first-order valence-corrected chi connectivity index (χ1v) is 6.54. The number of anilines is 2. The van der Waals surface area contributed by atoms with E-state index in [9.17, 15) is 9.90 Å². The Morgan fingerprint density at radius 2 is 2.05 bits per heavy atom. The zero-order valence-electron chi connectivity index (χ0n) is 10.7. The molecule has 20 heavy (non-hydrogen) atoms. The molecule has 2 rings (SSSR count). The lowest BCUT2D eigenvalue weighted by atomic mass is 10.1. The minimum absolute atomic E-state index is 0.0936. The number of phenols is 1. The summed E-state index contributed by atoms with van der Waals surface area (Å²) in [4.78, 5) is 12.1. The zero-order valence-corrected chi connectivity index (χ0v) is 12.3. The Morgan fingerprint density at radius 3 is 2.65 bits per heavy atom. The molecule has 0 saturated carbocycles. The van der Waals surface area contributed by atoms with Gasteiger partial charge >= 0.3 is 0 Å². The second-order valence-corrected chi connectivity index (χ2v) is 4.99. The largest absolute Gasteiger partial charge is 0.504 e. The van der Waals surface area contributed by atoms with Crippen molar-refractivity contribution >= 4 is 33.2 Å². The summed E-state index contributed by atoms with van der Waals surface area (Å²) >= 11 is 3.29. The van der Waals surface area contributed by atoms with Crippen molar-refractivity contribution in [2.45, 2.75) is 0 Å². The molecule has 0 spiro atoms. The van der Waals surface area contributed by atoms with Gasteiger partial charge in [-0.25, -0.2) is 0 Å². The highest BCUT2D eigenvalue weighted by atomic mass is 79.9. The maximum Gasteiger partial charge on any atom is 0.255 e. The number of carbonyl (C=O) groups excluding carboxylic acids is 1. The van der Waals surface area contributed by atoms with Crippen molar-refractivity contribution in [3.8, 4) is 11.5 Å². The number of nitrogens with two attached hydrogens (primary N) is 1. The molecule has 6 heteroatoms. The number of nitrogen functional groups attached to an aromatic ring is 1. The lowest BCUT2D eigenvalue weighted by molar-refractivity contribution is 0.102. The fraction of sp³-hybridized carbons (Fsp3) is 0.0714. The molecule has 0 aromatic heterocycles. The number of phenolic OH excluding ortho intramolecular Hbond substituents is 1. The maximum atomic E-state index is 12.1. The molecule has 0 aliphatic rings. The Morgan fingerprint density at radius 1 is 1.30 bits per heavy atom. The number of ether oxygens (including phenoxy) is 1. The van der Waals surface area contributed by atoms with Crippen LogP contribution in [0.1, 0.15) is 10.4 Å². The Hall–Kier alpha value is -2.21. The summed E-state index contributed by atoms with van der Waals surface area (Å²) in [6.45, 7) is 0. The van der Waals surface area contributed by atoms with Gasteiger partial charge in [-0.05, 0) is 36.4 Å². The molecule has 5 nitrogen and oxygen atoms in total. The summed E-state index contributed by atoms with van der Waals surface area (Å²) in [5.74, 6) is -0.148. The number of aromatic hydroxyl groups is 1. The van der Waals surface area contributed by atoms with Crippen LogP contribution in [-0.2, 0) is 0 Å². The number of amides is 1. The van der Waals surface area contributed by atoms with E-state index in [4.69, 9.17) is 10.5 Å². The molecule has 0 unspecified atom stereocenters. The van der Waals surface area contributed by atoms with E-state index in [0.717, 1.165) is 4.47 Å². The highest BCUT2D eigenvalue weighted by molar-refractivity contribution is 9.10. The summed E-state index contributed by atoms with van der Waals surface area (Å²) in [6.07, 6.45) is 0. The zero-order chi connectivity index (χ0) is 14.7. The molecule has 0 radical (unpaired) electrons. The monoisotopic (exact) mass is 336 g/mol. The summed E-state index contributed by atoms with van der Waals surface area (Å²) in [7, 11) is 1.44. The van der Waals surface area contributed by atoms with Crippen molar-refractivity contribution in [2.75, 3.05) is 18.2 Å². The number of methoxy groups -OCH3 is 1. The molecule has 0 saturated heterocycles. The quantitative estimate of drug-likeness (QED) is 0.752. The van der Waals surface area contributed by atoms with E-state index in [2.05, 4.69) is 21.2 Å². The summed E-state index contributed by atoms with van der Waals surface area (Å²) in [5, 5.41) is 12.3. The normalized spacial score (nSPS) is 10.1. The minimum atomic E-state index is -0.364. The number of nitrogens with one attached hydrogen (secondary N) is 1. The number of rotatable bonds is 3. The van der Waals surface area contributed by atoms with Crippen LogP contribution < -0.4 is 15.8 Å². The third-order valence-electron chi connectivity index (χ3n) is 2.70. The second-order valence-electron chi connectivity index (χ2n) is 4.07. The summed E-state index contributed by atoms with van der Waals surface area (Å²) in [6, 6.07) is 9.58. The second kappa shape index (κ2) is 5.83. The number of hydrogen-bond donors (Lipinski definition) is 3. The van der Waals surface area contributed by atoms with Crippen molar-refractivity contribution in [3.05, 3.63) is 46.4 Å². The average molecular weight is 337 g/mol. The fourth-order valence-electron chi connectivity index (χ4n) is 1.67. The van der Waals surface area contributed by atoms with Crippen molar-refractivity contribution in [1.29, 1.82) is 0 Å². The fourth-order valence-corrected chi connectivity index (χ4v) is 2.05. The lowest BCUT2D eigenvalue weighted by Gasteiger charge is -2.09.